The molecule has 0 aromatic heterocycles. The molecule has 1 heterocycles. The third kappa shape index (κ3) is 1.35. The molecule has 50 valence electrons. The SMILES string of the molecule is CC1=NSN(C)C(=O)N1. The number of nitrogens with zero attached hydrogens (tertiary/aromatic N) is 2. The fourth-order valence-electron chi connectivity index (χ4n) is 0.416. The zero-order valence-corrected chi connectivity index (χ0v) is 6.03. The zero-order chi connectivity index (χ0) is 6.85. The molecule has 0 spiro atoms. The van der Waals surface area contributed by atoms with Crippen LogP contribution in [0.4, 0.5) is 4.79 Å². The Hall–Kier alpha value is -0.710. The van der Waals surface area contributed by atoms with Crippen LogP contribution in [0, 0.1) is 0 Å². The second-order valence-electron chi connectivity index (χ2n) is 1.69. The van der Waals surface area contributed by atoms with Gasteiger partial charge in [0.15, 0.2) is 0 Å². The van der Waals surface area contributed by atoms with Crippen LogP contribution in [-0.2, 0) is 0 Å². The number of hydrogen-bond donors (Lipinski definition) is 1. The maximum Gasteiger partial charge on any atom is 0.333 e. The molecule has 0 saturated heterocycles. The summed E-state index contributed by atoms with van der Waals surface area (Å²) in [5.41, 5.74) is 0. The topological polar surface area (TPSA) is 44.7 Å². The molecule has 0 atom stereocenters. The van der Waals surface area contributed by atoms with Crippen LogP contribution in [0.2, 0.25) is 0 Å². The van der Waals surface area contributed by atoms with Crippen LogP contribution in [0.25, 0.3) is 0 Å². The van der Waals surface area contributed by atoms with Crippen LogP contribution in [0.5, 0.6) is 0 Å². The van der Waals surface area contributed by atoms with Gasteiger partial charge in [-0.2, -0.15) is 4.40 Å². The van der Waals surface area contributed by atoms with Crippen LogP contribution in [0.15, 0.2) is 4.40 Å². The van der Waals surface area contributed by atoms with Crippen molar-refractivity contribution in [2.24, 2.45) is 4.40 Å². The van der Waals surface area contributed by atoms with Gasteiger partial charge in [0.25, 0.3) is 0 Å². The Bertz CT molecular complexity index is 167. The lowest BCUT2D eigenvalue weighted by atomic mass is 10.7. The van der Waals surface area contributed by atoms with Crippen molar-refractivity contribution in [1.29, 1.82) is 0 Å². The Morgan fingerprint density at radius 1 is 1.78 bits per heavy atom. The first-order valence-corrected chi connectivity index (χ1v) is 3.19. The summed E-state index contributed by atoms with van der Waals surface area (Å²) >= 11 is 1.14. The fourth-order valence-corrected chi connectivity index (χ4v) is 0.826. The van der Waals surface area contributed by atoms with E-state index in [1.807, 2.05) is 0 Å². The average molecular weight is 145 g/mol. The quantitative estimate of drug-likeness (QED) is 0.508. The second kappa shape index (κ2) is 2.26. The van der Waals surface area contributed by atoms with Crippen LogP contribution in [-0.4, -0.2) is 23.2 Å². The largest absolute Gasteiger partial charge is 0.333 e. The zero-order valence-electron chi connectivity index (χ0n) is 5.21. The maximum atomic E-state index is 10.7. The van der Waals surface area contributed by atoms with Gasteiger partial charge < -0.3 is 0 Å². The number of carbonyl (C=O) groups excluding carboxylic acids is 1. The van der Waals surface area contributed by atoms with Crippen molar-refractivity contribution >= 4 is 24.0 Å². The van der Waals surface area contributed by atoms with E-state index < -0.39 is 0 Å². The van der Waals surface area contributed by atoms with Gasteiger partial charge in [-0.05, 0) is 6.92 Å². The van der Waals surface area contributed by atoms with E-state index in [2.05, 4.69) is 9.71 Å². The lowest BCUT2D eigenvalue weighted by Crippen LogP contribution is -2.38. The van der Waals surface area contributed by atoms with E-state index in [1.165, 1.54) is 4.31 Å². The third-order valence-electron chi connectivity index (χ3n) is 0.874. The van der Waals surface area contributed by atoms with E-state index in [1.54, 1.807) is 14.0 Å². The van der Waals surface area contributed by atoms with Crippen molar-refractivity contribution < 1.29 is 4.79 Å². The van der Waals surface area contributed by atoms with E-state index in [-0.39, 0.29) is 6.03 Å². The third-order valence-corrected chi connectivity index (χ3v) is 1.64. The fraction of sp³-hybridized carbons (Fsp3) is 0.500. The monoisotopic (exact) mass is 145 g/mol. The summed E-state index contributed by atoms with van der Waals surface area (Å²) in [6.07, 6.45) is 0. The van der Waals surface area contributed by atoms with Crippen LogP contribution < -0.4 is 5.32 Å². The standard InChI is InChI=1S/C4H7N3OS/c1-3-5-4(8)7(2)9-6-3/h1-2H3,(H,5,6,8). The number of carbonyl (C=O) groups is 1. The Morgan fingerprint density at radius 3 is 2.89 bits per heavy atom. The molecular weight excluding hydrogens is 138 g/mol. The van der Waals surface area contributed by atoms with E-state index in [4.69, 9.17) is 0 Å². The Balaban J connectivity index is 2.65. The minimum Gasteiger partial charge on any atom is -0.295 e. The molecular formula is C4H7N3OS. The number of amidine groups is 1. The van der Waals surface area contributed by atoms with Gasteiger partial charge in [0.05, 0.1) is 12.1 Å². The van der Waals surface area contributed by atoms with Crippen molar-refractivity contribution in [3.05, 3.63) is 0 Å². The molecule has 0 bridgehead atoms. The molecule has 1 aliphatic rings. The van der Waals surface area contributed by atoms with Gasteiger partial charge in [-0.3, -0.25) is 9.62 Å². The Kier molecular flexibility index (Phi) is 1.61. The molecule has 0 fully saturated rings. The molecule has 0 radical (unpaired) electrons. The van der Waals surface area contributed by atoms with Gasteiger partial charge in [-0.1, -0.05) is 0 Å². The molecule has 0 aliphatic carbocycles. The summed E-state index contributed by atoms with van der Waals surface area (Å²) < 4.78 is 5.31. The van der Waals surface area contributed by atoms with Gasteiger partial charge in [0.1, 0.15) is 5.84 Å². The molecule has 1 aliphatic heterocycles. The average Bonchev–Trinajstić information content (AvgIpc) is 1.80. The predicted octanol–water partition coefficient (Wildman–Crippen LogP) is 0.623. The van der Waals surface area contributed by atoms with Crippen LogP contribution >= 0.6 is 12.1 Å². The molecule has 0 aromatic rings. The minimum atomic E-state index is -0.118. The van der Waals surface area contributed by atoms with Crippen molar-refractivity contribution in [1.82, 2.24) is 9.62 Å². The summed E-state index contributed by atoms with van der Waals surface area (Å²) in [5.74, 6) is 0.656. The highest BCUT2D eigenvalue weighted by atomic mass is 32.2. The normalized spacial score (nSPS) is 19.1. The molecule has 1 rings (SSSR count). The van der Waals surface area contributed by atoms with Gasteiger partial charge in [0.2, 0.25) is 0 Å². The molecule has 1 N–H and O–H groups in total. The summed E-state index contributed by atoms with van der Waals surface area (Å²) in [6.45, 7) is 1.75. The highest BCUT2D eigenvalue weighted by Gasteiger charge is 2.13. The van der Waals surface area contributed by atoms with Gasteiger partial charge in [0, 0.05) is 7.05 Å². The number of amides is 2. The minimum absolute atomic E-state index is 0.118. The van der Waals surface area contributed by atoms with Crippen molar-refractivity contribution in [2.45, 2.75) is 6.92 Å². The molecule has 9 heavy (non-hydrogen) atoms. The molecule has 5 heteroatoms. The molecule has 2 amide bonds. The van der Waals surface area contributed by atoms with Gasteiger partial charge >= 0.3 is 6.03 Å². The highest BCUT2D eigenvalue weighted by Crippen LogP contribution is 2.11. The Labute approximate surface area is 57.6 Å². The molecule has 0 aromatic carbocycles. The maximum absolute atomic E-state index is 10.7. The number of urea groups is 1. The van der Waals surface area contributed by atoms with Crippen molar-refractivity contribution in [3.8, 4) is 0 Å². The Morgan fingerprint density at radius 2 is 2.44 bits per heavy atom. The van der Waals surface area contributed by atoms with Crippen molar-refractivity contribution in [2.75, 3.05) is 7.05 Å². The summed E-state index contributed by atoms with van der Waals surface area (Å²) in [5, 5.41) is 2.55. The lowest BCUT2D eigenvalue weighted by molar-refractivity contribution is 0.235. The second-order valence-corrected chi connectivity index (χ2v) is 2.58. The van der Waals surface area contributed by atoms with Gasteiger partial charge in [-0.25, -0.2) is 4.79 Å². The van der Waals surface area contributed by atoms with Crippen LogP contribution in [0.1, 0.15) is 6.92 Å². The summed E-state index contributed by atoms with van der Waals surface area (Å²) in [7, 11) is 1.66. The lowest BCUT2D eigenvalue weighted by Gasteiger charge is -2.17. The van der Waals surface area contributed by atoms with Crippen molar-refractivity contribution in [3.63, 3.8) is 0 Å². The first kappa shape index (κ1) is 6.41. The van der Waals surface area contributed by atoms with Gasteiger partial charge in [-0.15, -0.1) is 0 Å². The first-order chi connectivity index (χ1) is 4.20. The van der Waals surface area contributed by atoms with E-state index >= 15 is 0 Å². The molecule has 4 nitrogen and oxygen atoms in total. The van der Waals surface area contributed by atoms with E-state index in [0.29, 0.717) is 5.84 Å². The summed E-state index contributed by atoms with van der Waals surface area (Å²) in [6, 6.07) is -0.118. The number of nitrogens with one attached hydrogen (secondary N) is 1. The predicted molar refractivity (Wildman–Crippen MR) is 37.0 cm³/mol. The first-order valence-electron chi connectivity index (χ1n) is 2.46. The van der Waals surface area contributed by atoms with Crippen LogP contribution in [0.3, 0.4) is 0 Å². The highest BCUT2D eigenvalue weighted by molar-refractivity contribution is 7.96. The number of hydrogen-bond acceptors (Lipinski definition) is 3. The molecule has 0 saturated carbocycles. The van der Waals surface area contributed by atoms with E-state index in [9.17, 15) is 4.79 Å². The van der Waals surface area contributed by atoms with E-state index in [0.717, 1.165) is 12.1 Å². The number of rotatable bonds is 0. The molecule has 0 unspecified atom stereocenters. The summed E-state index contributed by atoms with van der Waals surface area (Å²) in [4.78, 5) is 10.7. The smallest absolute Gasteiger partial charge is 0.295 e.